The quantitative estimate of drug-likeness (QED) is 0.150. The fourth-order valence-corrected chi connectivity index (χ4v) is 5.96. The van der Waals surface area contributed by atoms with Crippen LogP contribution in [0.4, 0.5) is 0 Å². The van der Waals surface area contributed by atoms with Crippen LogP contribution >= 0.6 is 11.6 Å². The summed E-state index contributed by atoms with van der Waals surface area (Å²) in [7, 11) is 3.27. The summed E-state index contributed by atoms with van der Waals surface area (Å²) < 4.78 is 15.3. The van der Waals surface area contributed by atoms with Crippen molar-refractivity contribution in [2.75, 3.05) is 14.2 Å². The van der Waals surface area contributed by atoms with Gasteiger partial charge in [-0.15, -0.1) is 11.6 Å². The largest absolute Gasteiger partial charge is 0.493 e. The maximum Gasteiger partial charge on any atom is 0.171 e. The lowest BCUT2D eigenvalue weighted by molar-refractivity contribution is 0.354. The van der Waals surface area contributed by atoms with E-state index in [0.29, 0.717) is 17.3 Å². The second kappa shape index (κ2) is 10.5. The van der Waals surface area contributed by atoms with Crippen LogP contribution in [0.15, 0.2) is 110 Å². The van der Waals surface area contributed by atoms with Crippen molar-refractivity contribution in [1.82, 2.24) is 19.3 Å². The molecule has 40 heavy (non-hydrogen) atoms. The molecule has 0 aliphatic carbocycles. The van der Waals surface area contributed by atoms with Gasteiger partial charge < -0.3 is 14.0 Å². The molecule has 7 heteroatoms. The van der Waals surface area contributed by atoms with Gasteiger partial charge in [0.15, 0.2) is 17.3 Å². The SMILES string of the molecule is COc1cc2c(c(CCl)nn2-c2cn(C(c3ccccc3)(c3ccccc3)c3ccccc3)cn2)c(C)c1OC. The molecule has 0 radical (unpaired) electrons. The molecule has 4 aromatic carbocycles. The van der Waals surface area contributed by atoms with E-state index in [1.807, 2.05) is 48.4 Å². The molecule has 0 spiro atoms. The minimum absolute atomic E-state index is 0.252. The first-order chi connectivity index (χ1) is 19.6. The first kappa shape index (κ1) is 25.7. The number of aryl methyl sites for hydroxylation is 1. The van der Waals surface area contributed by atoms with Crippen molar-refractivity contribution in [2.45, 2.75) is 18.3 Å². The highest BCUT2D eigenvalue weighted by atomic mass is 35.5. The lowest BCUT2D eigenvalue weighted by atomic mass is 9.77. The van der Waals surface area contributed by atoms with Gasteiger partial charge in [0, 0.05) is 17.0 Å². The molecule has 6 nitrogen and oxygen atoms in total. The summed E-state index contributed by atoms with van der Waals surface area (Å²) in [6.45, 7) is 2.00. The molecule has 0 saturated heterocycles. The van der Waals surface area contributed by atoms with Crippen LogP contribution < -0.4 is 9.47 Å². The van der Waals surface area contributed by atoms with Crippen molar-refractivity contribution < 1.29 is 9.47 Å². The standard InChI is InChI=1S/C33H29ClN4O2/c1-23-31-27(20-34)36-38(28(31)19-29(39-2)32(23)40-3)30-21-37(22-35-30)33(24-13-7-4-8-14-24,25-15-9-5-10-16-25)26-17-11-6-12-18-26/h4-19,21-22H,20H2,1-3H3. The third kappa shape index (κ3) is 3.95. The van der Waals surface area contributed by atoms with E-state index in [0.717, 1.165) is 38.9 Å². The van der Waals surface area contributed by atoms with Gasteiger partial charge in [0.2, 0.25) is 0 Å². The molecule has 6 aromatic rings. The number of fused-ring (bicyclic) bond motifs is 1. The first-order valence-electron chi connectivity index (χ1n) is 13.0. The number of benzene rings is 4. The molecule has 200 valence electrons. The molecule has 6 rings (SSSR count). The number of halogens is 1. The molecule has 0 aliphatic rings. The Kier molecular flexibility index (Phi) is 6.78. The summed E-state index contributed by atoms with van der Waals surface area (Å²) in [5.41, 5.74) is 5.20. The highest BCUT2D eigenvalue weighted by Crippen LogP contribution is 2.42. The lowest BCUT2D eigenvalue weighted by Crippen LogP contribution is -2.36. The van der Waals surface area contributed by atoms with Gasteiger partial charge in [0.05, 0.1) is 43.8 Å². The second-order valence-electron chi connectivity index (χ2n) is 9.57. The van der Waals surface area contributed by atoms with E-state index >= 15 is 0 Å². The fraction of sp³-hybridized carbons (Fsp3) is 0.152. The fourth-order valence-electron chi connectivity index (χ4n) is 5.77. The number of ether oxygens (including phenoxy) is 2. The van der Waals surface area contributed by atoms with Crippen LogP contribution in [-0.4, -0.2) is 33.6 Å². The minimum atomic E-state index is -0.676. The van der Waals surface area contributed by atoms with E-state index in [1.165, 1.54) is 0 Å². The predicted octanol–water partition coefficient (Wildman–Crippen LogP) is 7.13. The summed E-state index contributed by atoms with van der Waals surface area (Å²) >= 11 is 6.39. The van der Waals surface area contributed by atoms with Gasteiger partial charge >= 0.3 is 0 Å². The van der Waals surface area contributed by atoms with Crippen LogP contribution in [0, 0.1) is 6.92 Å². The maximum atomic E-state index is 6.39. The van der Waals surface area contributed by atoms with Crippen LogP contribution in [0.1, 0.15) is 27.9 Å². The van der Waals surface area contributed by atoms with Crippen molar-refractivity contribution in [3.8, 4) is 17.3 Å². The van der Waals surface area contributed by atoms with Gasteiger partial charge in [-0.1, -0.05) is 91.0 Å². The molecule has 2 aromatic heterocycles. The van der Waals surface area contributed by atoms with E-state index in [9.17, 15) is 0 Å². The number of aromatic nitrogens is 4. The van der Waals surface area contributed by atoms with Gasteiger partial charge in [0.25, 0.3) is 0 Å². The number of hydrogen-bond donors (Lipinski definition) is 0. The van der Waals surface area contributed by atoms with Crippen LogP contribution in [0.3, 0.4) is 0 Å². The molecule has 0 amide bonds. The third-order valence-electron chi connectivity index (χ3n) is 7.50. The van der Waals surface area contributed by atoms with Crippen LogP contribution in [0.25, 0.3) is 16.7 Å². The zero-order valence-electron chi connectivity index (χ0n) is 22.6. The molecular formula is C33H29ClN4O2. The Morgan fingerprint density at radius 1 is 0.800 bits per heavy atom. The predicted molar refractivity (Wildman–Crippen MR) is 159 cm³/mol. The lowest BCUT2D eigenvalue weighted by Gasteiger charge is -2.37. The van der Waals surface area contributed by atoms with Gasteiger partial charge in [-0.05, 0) is 23.6 Å². The minimum Gasteiger partial charge on any atom is -0.493 e. The van der Waals surface area contributed by atoms with E-state index < -0.39 is 5.54 Å². The topological polar surface area (TPSA) is 54.1 Å². The van der Waals surface area contributed by atoms with Crippen LogP contribution in [-0.2, 0) is 11.4 Å². The van der Waals surface area contributed by atoms with E-state index in [-0.39, 0.29) is 5.88 Å². The molecular weight excluding hydrogens is 520 g/mol. The summed E-state index contributed by atoms with van der Waals surface area (Å²) in [6, 6.07) is 33.5. The Bertz CT molecular complexity index is 1670. The summed E-state index contributed by atoms with van der Waals surface area (Å²) in [5.74, 6) is 2.21. The highest BCUT2D eigenvalue weighted by Gasteiger charge is 2.38. The Balaban J connectivity index is 1.64. The molecule has 0 atom stereocenters. The van der Waals surface area contributed by atoms with Gasteiger partial charge in [-0.2, -0.15) is 5.10 Å². The molecule has 0 N–H and O–H groups in total. The van der Waals surface area contributed by atoms with Crippen LogP contribution in [0.5, 0.6) is 11.5 Å². The number of alkyl halides is 1. The monoisotopic (exact) mass is 548 g/mol. The summed E-state index contributed by atoms with van der Waals surface area (Å²) in [5, 5.41) is 5.83. The zero-order chi connectivity index (χ0) is 27.7. The van der Waals surface area contributed by atoms with Gasteiger partial charge in [-0.3, -0.25) is 0 Å². The number of methoxy groups -OCH3 is 2. The smallest absolute Gasteiger partial charge is 0.171 e. The normalized spacial score (nSPS) is 11.6. The van der Waals surface area contributed by atoms with Crippen molar-refractivity contribution >= 4 is 22.5 Å². The second-order valence-corrected chi connectivity index (χ2v) is 9.84. The van der Waals surface area contributed by atoms with Crippen molar-refractivity contribution in [1.29, 1.82) is 0 Å². The molecule has 0 saturated carbocycles. The van der Waals surface area contributed by atoms with Crippen molar-refractivity contribution in [3.05, 3.63) is 138 Å². The van der Waals surface area contributed by atoms with Crippen LogP contribution in [0.2, 0.25) is 0 Å². The Morgan fingerprint density at radius 2 is 1.35 bits per heavy atom. The van der Waals surface area contributed by atoms with Gasteiger partial charge in [-0.25, -0.2) is 9.67 Å². The summed E-state index contributed by atoms with van der Waals surface area (Å²) in [4.78, 5) is 4.90. The highest BCUT2D eigenvalue weighted by molar-refractivity contribution is 6.18. The Morgan fingerprint density at radius 3 is 1.82 bits per heavy atom. The van der Waals surface area contributed by atoms with Gasteiger partial charge in [0.1, 0.15) is 5.54 Å². The maximum absolute atomic E-state index is 6.39. The average Bonchev–Trinajstić information content (AvgIpc) is 3.64. The summed E-state index contributed by atoms with van der Waals surface area (Å²) in [6.07, 6.45) is 3.92. The van der Waals surface area contributed by atoms with Crippen molar-refractivity contribution in [2.24, 2.45) is 0 Å². The third-order valence-corrected chi connectivity index (χ3v) is 7.75. The van der Waals surface area contributed by atoms with Crippen molar-refractivity contribution in [3.63, 3.8) is 0 Å². The van der Waals surface area contributed by atoms with E-state index in [4.69, 9.17) is 31.2 Å². The average molecular weight is 549 g/mol. The number of hydrogen-bond acceptors (Lipinski definition) is 4. The van der Waals surface area contributed by atoms with E-state index in [2.05, 4.69) is 77.4 Å². The zero-order valence-corrected chi connectivity index (χ0v) is 23.3. The molecule has 0 unspecified atom stereocenters. The molecule has 0 bridgehead atoms. The Hall–Kier alpha value is -4.55. The molecule has 0 aliphatic heterocycles. The number of rotatable bonds is 8. The number of imidazole rings is 1. The first-order valence-corrected chi connectivity index (χ1v) is 13.6. The molecule has 2 heterocycles. The number of nitrogens with zero attached hydrogens (tertiary/aromatic N) is 4. The molecule has 0 fully saturated rings. The Labute approximate surface area is 238 Å². The van der Waals surface area contributed by atoms with E-state index in [1.54, 1.807) is 14.2 Å².